The predicted molar refractivity (Wildman–Crippen MR) is 72.3 cm³/mol. The van der Waals surface area contributed by atoms with Crippen LogP contribution in [0.15, 0.2) is 24.4 Å². The lowest BCUT2D eigenvalue weighted by molar-refractivity contribution is -0.384. The zero-order valence-corrected chi connectivity index (χ0v) is 11.1. The first-order chi connectivity index (χ1) is 9.61. The number of hydrogen-bond acceptors (Lipinski definition) is 5. The molecule has 0 aliphatic carbocycles. The number of aromatic nitrogens is 2. The van der Waals surface area contributed by atoms with Crippen LogP contribution in [0.4, 0.5) is 5.69 Å². The van der Waals surface area contributed by atoms with E-state index in [0.717, 1.165) is 18.2 Å². The van der Waals surface area contributed by atoms with Crippen molar-refractivity contribution < 1.29 is 14.5 Å². The van der Waals surface area contributed by atoms with Gasteiger partial charge in [-0.25, -0.2) is 0 Å². The Labute approximate surface area is 115 Å². The Hall–Kier alpha value is -2.44. The van der Waals surface area contributed by atoms with Gasteiger partial charge in [0.2, 0.25) is 0 Å². The molecule has 0 bridgehead atoms. The Morgan fingerprint density at radius 1 is 1.50 bits per heavy atom. The predicted octanol–water partition coefficient (Wildman–Crippen LogP) is 2.29. The third-order valence-electron chi connectivity index (χ3n) is 2.88. The maximum Gasteiger partial charge on any atom is 0.327 e. The highest BCUT2D eigenvalue weighted by Crippen LogP contribution is 2.20. The maximum atomic E-state index is 11.6. The van der Waals surface area contributed by atoms with Crippen molar-refractivity contribution >= 4 is 22.6 Å². The third kappa shape index (κ3) is 3.11. The summed E-state index contributed by atoms with van der Waals surface area (Å²) in [7, 11) is 0. The van der Waals surface area contributed by atoms with Crippen LogP contribution >= 0.6 is 0 Å². The summed E-state index contributed by atoms with van der Waals surface area (Å²) in [6.07, 6.45) is 3.33. The number of carbonyl (C=O) groups excluding carboxylic acids is 1. The Morgan fingerprint density at radius 2 is 2.30 bits per heavy atom. The highest BCUT2D eigenvalue weighted by molar-refractivity contribution is 5.82. The number of unbranched alkanes of at least 4 members (excludes halogenated alkanes) is 1. The summed E-state index contributed by atoms with van der Waals surface area (Å²) in [6, 6.07) is 4.43. The topological polar surface area (TPSA) is 87.3 Å². The van der Waals surface area contributed by atoms with Crippen molar-refractivity contribution in [1.82, 2.24) is 9.78 Å². The van der Waals surface area contributed by atoms with Gasteiger partial charge in [-0.1, -0.05) is 13.3 Å². The number of esters is 1. The molecule has 0 radical (unpaired) electrons. The van der Waals surface area contributed by atoms with Crippen LogP contribution in [-0.2, 0) is 16.1 Å². The first kappa shape index (κ1) is 14.0. The van der Waals surface area contributed by atoms with Gasteiger partial charge in [0.05, 0.1) is 23.2 Å². The molecule has 7 nitrogen and oxygen atoms in total. The van der Waals surface area contributed by atoms with E-state index in [4.69, 9.17) is 4.74 Å². The van der Waals surface area contributed by atoms with Crippen molar-refractivity contribution in [3.05, 3.63) is 34.5 Å². The Morgan fingerprint density at radius 3 is 3.00 bits per heavy atom. The van der Waals surface area contributed by atoms with Crippen LogP contribution in [0, 0.1) is 10.1 Å². The number of hydrogen-bond donors (Lipinski definition) is 0. The van der Waals surface area contributed by atoms with Crippen LogP contribution in [0.2, 0.25) is 0 Å². The van der Waals surface area contributed by atoms with Crippen molar-refractivity contribution in [2.45, 2.75) is 26.3 Å². The second-order valence-corrected chi connectivity index (χ2v) is 4.38. The van der Waals surface area contributed by atoms with Crippen molar-refractivity contribution in [3.63, 3.8) is 0 Å². The number of nitro benzene ring substituents is 1. The number of fused-ring (bicyclic) bond motifs is 1. The number of benzene rings is 1. The summed E-state index contributed by atoms with van der Waals surface area (Å²) in [4.78, 5) is 21.9. The molecule has 2 aromatic rings. The SMILES string of the molecule is CCCCOC(=O)Cn1ncc2ccc([N+](=O)[O-])cc21. The molecule has 0 fully saturated rings. The smallest absolute Gasteiger partial charge is 0.327 e. The molecule has 0 aliphatic heterocycles. The summed E-state index contributed by atoms with van der Waals surface area (Å²) >= 11 is 0. The van der Waals surface area contributed by atoms with Crippen molar-refractivity contribution in [2.75, 3.05) is 6.61 Å². The summed E-state index contributed by atoms with van der Waals surface area (Å²) < 4.78 is 6.46. The summed E-state index contributed by atoms with van der Waals surface area (Å²) in [6.45, 7) is 2.34. The number of nitro groups is 1. The Kier molecular flexibility index (Phi) is 4.29. The fourth-order valence-electron chi connectivity index (χ4n) is 1.80. The van der Waals surface area contributed by atoms with Crippen molar-refractivity contribution in [3.8, 4) is 0 Å². The average Bonchev–Trinajstić information content (AvgIpc) is 2.81. The van der Waals surface area contributed by atoms with Crippen molar-refractivity contribution in [2.24, 2.45) is 0 Å². The molecule has 0 amide bonds. The van der Waals surface area contributed by atoms with Crippen LogP contribution < -0.4 is 0 Å². The van der Waals surface area contributed by atoms with Crippen LogP contribution in [0.3, 0.4) is 0 Å². The number of rotatable bonds is 6. The standard InChI is InChI=1S/C13H15N3O4/c1-2-3-6-20-13(17)9-15-12-7-11(16(18)19)5-4-10(12)8-14-15/h4-5,7-8H,2-3,6,9H2,1H3. The van der Waals surface area contributed by atoms with Crippen LogP contribution in [0.1, 0.15) is 19.8 Å². The lowest BCUT2D eigenvalue weighted by atomic mass is 10.2. The summed E-state index contributed by atoms with van der Waals surface area (Å²) in [5.41, 5.74) is 0.519. The Bertz CT molecular complexity index is 636. The van der Waals surface area contributed by atoms with Gasteiger partial charge in [-0.2, -0.15) is 5.10 Å². The molecule has 2 rings (SSSR count). The second-order valence-electron chi connectivity index (χ2n) is 4.38. The minimum Gasteiger partial charge on any atom is -0.464 e. The molecule has 106 valence electrons. The quantitative estimate of drug-likeness (QED) is 0.350. The van der Waals surface area contributed by atoms with E-state index in [9.17, 15) is 14.9 Å². The van der Waals surface area contributed by atoms with E-state index in [1.165, 1.54) is 16.8 Å². The van der Waals surface area contributed by atoms with E-state index in [2.05, 4.69) is 5.10 Å². The zero-order valence-electron chi connectivity index (χ0n) is 11.1. The minimum atomic E-state index is -0.476. The molecule has 1 aromatic carbocycles. The van der Waals surface area contributed by atoms with Gasteiger partial charge in [-0.3, -0.25) is 19.6 Å². The second kappa shape index (κ2) is 6.14. The van der Waals surface area contributed by atoms with Gasteiger partial charge in [0.25, 0.3) is 5.69 Å². The molecule has 1 heterocycles. The molecule has 0 saturated carbocycles. The van der Waals surface area contributed by atoms with Gasteiger partial charge in [-0.05, 0) is 12.5 Å². The van der Waals surface area contributed by atoms with E-state index in [1.54, 1.807) is 12.3 Å². The minimum absolute atomic E-state index is 0.0291. The average molecular weight is 277 g/mol. The first-order valence-corrected chi connectivity index (χ1v) is 6.37. The van der Waals surface area contributed by atoms with Gasteiger partial charge in [0, 0.05) is 17.5 Å². The molecule has 1 aromatic heterocycles. The first-order valence-electron chi connectivity index (χ1n) is 6.37. The third-order valence-corrected chi connectivity index (χ3v) is 2.88. The molecule has 0 unspecified atom stereocenters. The largest absolute Gasteiger partial charge is 0.464 e. The molecule has 0 N–H and O–H groups in total. The van der Waals surface area contributed by atoms with Gasteiger partial charge < -0.3 is 4.74 Å². The number of nitrogens with zero attached hydrogens (tertiary/aromatic N) is 3. The zero-order chi connectivity index (χ0) is 14.5. The van der Waals surface area contributed by atoms with Gasteiger partial charge in [0.1, 0.15) is 6.54 Å². The fraction of sp³-hybridized carbons (Fsp3) is 0.385. The number of ether oxygens (including phenoxy) is 1. The molecular formula is C13H15N3O4. The maximum absolute atomic E-state index is 11.6. The van der Waals surface area contributed by atoms with Crippen LogP contribution in [0.5, 0.6) is 0 Å². The molecule has 0 atom stereocenters. The van der Waals surface area contributed by atoms with E-state index in [0.29, 0.717) is 12.1 Å². The molecule has 0 spiro atoms. The normalized spacial score (nSPS) is 10.7. The van der Waals surface area contributed by atoms with Gasteiger partial charge >= 0.3 is 5.97 Å². The van der Waals surface area contributed by atoms with Crippen molar-refractivity contribution in [1.29, 1.82) is 0 Å². The van der Waals surface area contributed by atoms with Gasteiger partial charge in [-0.15, -0.1) is 0 Å². The molecule has 0 aliphatic rings. The Balaban J connectivity index is 2.15. The van der Waals surface area contributed by atoms with Crippen LogP contribution in [-0.4, -0.2) is 27.3 Å². The van der Waals surface area contributed by atoms with E-state index < -0.39 is 10.9 Å². The lowest BCUT2D eigenvalue weighted by Crippen LogP contribution is -2.15. The highest BCUT2D eigenvalue weighted by atomic mass is 16.6. The van der Waals surface area contributed by atoms with Gasteiger partial charge in [0.15, 0.2) is 0 Å². The molecule has 7 heteroatoms. The summed E-state index contributed by atoms with van der Waals surface area (Å²) in [5.74, 6) is -0.394. The molecular weight excluding hydrogens is 262 g/mol. The lowest BCUT2D eigenvalue weighted by Gasteiger charge is -2.05. The van der Waals surface area contributed by atoms with E-state index in [1.807, 2.05) is 6.92 Å². The molecule has 20 heavy (non-hydrogen) atoms. The summed E-state index contributed by atoms with van der Waals surface area (Å²) in [5, 5.41) is 15.6. The fourth-order valence-corrected chi connectivity index (χ4v) is 1.80. The number of carbonyl (C=O) groups is 1. The monoisotopic (exact) mass is 277 g/mol. The highest BCUT2D eigenvalue weighted by Gasteiger charge is 2.12. The van der Waals surface area contributed by atoms with E-state index in [-0.39, 0.29) is 12.2 Å². The van der Waals surface area contributed by atoms with Crippen LogP contribution in [0.25, 0.3) is 10.9 Å². The number of non-ortho nitro benzene ring substituents is 1. The molecule has 0 saturated heterocycles. The van der Waals surface area contributed by atoms with E-state index >= 15 is 0 Å².